The highest BCUT2D eigenvalue weighted by Gasteiger charge is 2.70. The van der Waals surface area contributed by atoms with Crippen molar-refractivity contribution in [1.82, 2.24) is 0 Å². The number of hydrogen-bond acceptors (Lipinski definition) is 1. The summed E-state index contributed by atoms with van der Waals surface area (Å²) < 4.78 is 0. The third-order valence-electron chi connectivity index (χ3n) is 18.2. The van der Waals surface area contributed by atoms with E-state index in [0.717, 1.165) is 23.7 Å². The summed E-state index contributed by atoms with van der Waals surface area (Å²) in [5.74, 6) is 3.89. The lowest BCUT2D eigenvalue weighted by Crippen LogP contribution is -2.44. The third kappa shape index (κ3) is 3.72. The molecule has 0 N–H and O–H groups in total. The van der Waals surface area contributed by atoms with Gasteiger partial charge in [0.2, 0.25) is 0 Å². The predicted octanol–water partition coefficient (Wildman–Crippen LogP) is 14.3. The van der Waals surface area contributed by atoms with E-state index in [1.54, 1.807) is 22.3 Å². The molecule has 8 aliphatic carbocycles. The van der Waals surface area contributed by atoms with Gasteiger partial charge in [-0.3, -0.25) is 0 Å². The van der Waals surface area contributed by atoms with Crippen LogP contribution in [-0.4, -0.2) is 0 Å². The van der Waals surface area contributed by atoms with Crippen molar-refractivity contribution in [3.63, 3.8) is 0 Å². The molecule has 3 spiro atoms. The van der Waals surface area contributed by atoms with E-state index in [1.165, 1.54) is 113 Å². The van der Waals surface area contributed by atoms with Crippen molar-refractivity contribution in [1.29, 1.82) is 0 Å². The number of anilines is 3. The zero-order valence-electron chi connectivity index (χ0n) is 33.6. The van der Waals surface area contributed by atoms with Crippen LogP contribution in [0.1, 0.15) is 106 Å². The molecule has 8 atom stereocenters. The Morgan fingerprint density at radius 3 is 1.68 bits per heavy atom. The second-order valence-electron chi connectivity index (χ2n) is 20.7. The molecule has 0 saturated heterocycles. The molecule has 2 unspecified atom stereocenters. The molecule has 4 bridgehead atoms. The highest BCUT2D eigenvalue weighted by atomic mass is 15.1. The molecule has 0 heterocycles. The Morgan fingerprint density at radius 2 is 1.00 bits per heavy atom. The lowest BCUT2D eigenvalue weighted by molar-refractivity contribution is 0.130. The van der Waals surface area contributed by atoms with Gasteiger partial charge in [0.1, 0.15) is 0 Å². The van der Waals surface area contributed by atoms with E-state index in [1.807, 2.05) is 0 Å². The molecule has 14 rings (SSSR count). The van der Waals surface area contributed by atoms with Crippen molar-refractivity contribution < 1.29 is 0 Å². The molecule has 0 amide bonds. The number of rotatable bonds is 3. The van der Waals surface area contributed by atoms with E-state index in [9.17, 15) is 0 Å². The maximum atomic E-state index is 2.69. The third-order valence-corrected chi connectivity index (χ3v) is 18.2. The second-order valence-corrected chi connectivity index (χ2v) is 20.7. The Bertz CT molecular complexity index is 2770. The zero-order chi connectivity index (χ0) is 37.6. The highest BCUT2D eigenvalue weighted by molar-refractivity contribution is 5.91. The Labute approximate surface area is 338 Å². The first-order chi connectivity index (χ1) is 27.8. The van der Waals surface area contributed by atoms with Crippen LogP contribution >= 0.6 is 0 Å². The first-order valence-corrected chi connectivity index (χ1v) is 22.3. The van der Waals surface area contributed by atoms with Crippen molar-refractivity contribution in [3.8, 4) is 33.4 Å². The molecule has 1 nitrogen and oxygen atoms in total. The highest BCUT2D eigenvalue weighted by Crippen LogP contribution is 2.78. The Balaban J connectivity index is 0.997. The predicted molar refractivity (Wildman–Crippen MR) is 234 cm³/mol. The van der Waals surface area contributed by atoms with Gasteiger partial charge in [-0.1, -0.05) is 118 Å². The van der Waals surface area contributed by atoms with Crippen molar-refractivity contribution in [2.75, 3.05) is 4.90 Å². The molecule has 8 aliphatic rings. The molecular formula is C56H51N. The van der Waals surface area contributed by atoms with Gasteiger partial charge in [-0.25, -0.2) is 0 Å². The summed E-state index contributed by atoms with van der Waals surface area (Å²) in [5.41, 5.74) is 22.7. The maximum Gasteiger partial charge on any atom is 0.0465 e. The standard InChI is InChI=1S/C56H51N/c1-33-29-54-31-36(54)25-37(32-54)56(33)49-15-9-6-12-43(49)46-23-20-40(28-52(46)56)57(38-18-21-44-41-10-4-7-13-47(41)53(2,3)50(44)26-38)39-19-22-45-42-11-5-8-14-48(42)55(51(45)27-39)30-34-16-17-35(55)24-34/h4-15,18-23,26-28,33-37H,16-17,24-25,29-32H2,1-3H3/t33-,34?,35-,36-,37+,54?,55-,56+/m0/s1. The Hall–Kier alpha value is -4.88. The summed E-state index contributed by atoms with van der Waals surface area (Å²) >= 11 is 0. The van der Waals surface area contributed by atoms with E-state index in [0.29, 0.717) is 11.3 Å². The average Bonchev–Trinajstić information content (AvgIpc) is 3.82. The lowest BCUT2D eigenvalue weighted by atomic mass is 9.55. The summed E-state index contributed by atoms with van der Waals surface area (Å²) in [6.07, 6.45) is 11.1. The topological polar surface area (TPSA) is 3.24 Å². The molecule has 1 heteroatoms. The SMILES string of the molecule is C[C@H]1CC23C[C@@H]2C[C@H](C3)[C@@]12c1ccccc1-c1ccc(N(c3ccc4c(c3)C(C)(C)c3ccccc3-4)c3ccc4c(c3)[C@]3(CC5CC[C@H]3C5)c3ccccc3-4)cc12. The largest absolute Gasteiger partial charge is 0.310 e. The van der Waals surface area contributed by atoms with Gasteiger partial charge < -0.3 is 4.90 Å². The normalized spacial score (nSPS) is 32.8. The van der Waals surface area contributed by atoms with Crippen LogP contribution in [0.25, 0.3) is 33.4 Å². The van der Waals surface area contributed by atoms with Gasteiger partial charge in [0.25, 0.3) is 0 Å². The second kappa shape index (κ2) is 10.4. The van der Waals surface area contributed by atoms with Crippen LogP contribution in [0, 0.1) is 35.0 Å². The molecule has 6 aromatic carbocycles. The average molecular weight is 738 g/mol. The summed E-state index contributed by atoms with van der Waals surface area (Å²) in [5, 5.41) is 0. The van der Waals surface area contributed by atoms with E-state index in [4.69, 9.17) is 0 Å². The van der Waals surface area contributed by atoms with E-state index < -0.39 is 0 Å². The van der Waals surface area contributed by atoms with Crippen LogP contribution in [-0.2, 0) is 16.2 Å². The van der Waals surface area contributed by atoms with Crippen LogP contribution in [0.3, 0.4) is 0 Å². The van der Waals surface area contributed by atoms with Gasteiger partial charge in [-0.15, -0.1) is 0 Å². The fraction of sp³-hybridized carbons (Fsp3) is 0.357. The van der Waals surface area contributed by atoms with Gasteiger partial charge >= 0.3 is 0 Å². The van der Waals surface area contributed by atoms with Gasteiger partial charge in [0.15, 0.2) is 0 Å². The lowest BCUT2D eigenvalue weighted by Gasteiger charge is -2.48. The van der Waals surface area contributed by atoms with Crippen molar-refractivity contribution in [3.05, 3.63) is 161 Å². The zero-order valence-corrected chi connectivity index (χ0v) is 33.6. The first-order valence-electron chi connectivity index (χ1n) is 22.3. The monoisotopic (exact) mass is 737 g/mol. The van der Waals surface area contributed by atoms with E-state index in [-0.39, 0.29) is 16.2 Å². The number of hydrogen-bond donors (Lipinski definition) is 0. The Morgan fingerprint density at radius 1 is 0.456 bits per heavy atom. The molecule has 0 aromatic heterocycles. The van der Waals surface area contributed by atoms with Gasteiger partial charge in [-0.2, -0.15) is 0 Å². The molecule has 6 aromatic rings. The van der Waals surface area contributed by atoms with Gasteiger partial charge in [0.05, 0.1) is 0 Å². The van der Waals surface area contributed by atoms with E-state index in [2.05, 4.69) is 153 Å². The molecule has 5 saturated carbocycles. The maximum absolute atomic E-state index is 2.69. The minimum absolute atomic E-state index is 0.0687. The van der Waals surface area contributed by atoms with Gasteiger partial charge in [-0.05, 0) is 183 Å². The number of nitrogens with zero attached hydrogens (tertiary/aromatic N) is 1. The first kappa shape index (κ1) is 32.1. The molecule has 5 fully saturated rings. The van der Waals surface area contributed by atoms with Crippen molar-refractivity contribution in [2.45, 2.75) is 88.4 Å². The Kier molecular flexibility index (Phi) is 5.86. The van der Waals surface area contributed by atoms with E-state index >= 15 is 0 Å². The fourth-order valence-corrected chi connectivity index (χ4v) is 16.0. The summed E-state index contributed by atoms with van der Waals surface area (Å²) in [4.78, 5) is 2.67. The number of fused-ring (bicyclic) bond motifs is 18. The van der Waals surface area contributed by atoms with Gasteiger partial charge in [0, 0.05) is 33.3 Å². The van der Waals surface area contributed by atoms with Crippen molar-refractivity contribution >= 4 is 17.1 Å². The molecule has 0 radical (unpaired) electrons. The van der Waals surface area contributed by atoms with Crippen LogP contribution in [0.15, 0.2) is 127 Å². The smallest absolute Gasteiger partial charge is 0.0465 e. The number of benzene rings is 6. The van der Waals surface area contributed by atoms with Crippen LogP contribution < -0.4 is 4.90 Å². The quantitative estimate of drug-likeness (QED) is 0.175. The molecule has 280 valence electrons. The minimum Gasteiger partial charge on any atom is -0.310 e. The molecular weight excluding hydrogens is 687 g/mol. The molecule has 0 aliphatic heterocycles. The van der Waals surface area contributed by atoms with Crippen LogP contribution in [0.2, 0.25) is 0 Å². The summed E-state index contributed by atoms with van der Waals surface area (Å²) in [7, 11) is 0. The van der Waals surface area contributed by atoms with Crippen LogP contribution in [0.5, 0.6) is 0 Å². The summed E-state index contributed by atoms with van der Waals surface area (Å²) in [6.45, 7) is 7.48. The fourth-order valence-electron chi connectivity index (χ4n) is 16.0. The van der Waals surface area contributed by atoms with Crippen molar-refractivity contribution in [2.24, 2.45) is 35.0 Å². The summed E-state index contributed by atoms with van der Waals surface area (Å²) in [6, 6.07) is 50.8. The molecule has 57 heavy (non-hydrogen) atoms. The minimum atomic E-state index is -0.0687. The van der Waals surface area contributed by atoms with Crippen LogP contribution in [0.4, 0.5) is 17.1 Å².